The van der Waals surface area contributed by atoms with E-state index in [9.17, 15) is 0 Å². The molecule has 3 aromatic carbocycles. The maximum absolute atomic E-state index is 5.64. The van der Waals surface area contributed by atoms with Crippen molar-refractivity contribution in [2.24, 2.45) is 0 Å². The summed E-state index contributed by atoms with van der Waals surface area (Å²) in [6.45, 7) is 0. The van der Waals surface area contributed by atoms with Crippen molar-refractivity contribution in [2.75, 3.05) is 14.2 Å². The smallest absolute Gasteiger partial charge is 0.127 e. The lowest BCUT2D eigenvalue weighted by Crippen LogP contribution is -2.21. The summed E-state index contributed by atoms with van der Waals surface area (Å²) < 4.78 is 11.2. The number of aryl methyl sites for hydroxylation is 1. The second kappa shape index (κ2) is 5.29. The van der Waals surface area contributed by atoms with Crippen molar-refractivity contribution in [3.8, 4) is 5.75 Å². The van der Waals surface area contributed by atoms with Crippen LogP contribution in [0.15, 0.2) is 42.5 Å². The van der Waals surface area contributed by atoms with Crippen molar-refractivity contribution in [3.63, 3.8) is 0 Å². The van der Waals surface area contributed by atoms with Gasteiger partial charge in [0, 0.05) is 12.5 Å². The lowest BCUT2D eigenvalue weighted by atomic mass is 9.85. The lowest BCUT2D eigenvalue weighted by Gasteiger charge is -2.25. The van der Waals surface area contributed by atoms with E-state index in [1.807, 2.05) is 7.11 Å². The normalized spacial score (nSPS) is 17.6. The molecular formula is C20H20O2. The first-order valence-corrected chi connectivity index (χ1v) is 7.85. The first-order chi connectivity index (χ1) is 10.8. The Morgan fingerprint density at radius 1 is 0.909 bits per heavy atom. The summed E-state index contributed by atoms with van der Waals surface area (Å²) in [4.78, 5) is 0. The first kappa shape index (κ1) is 13.6. The largest absolute Gasteiger partial charge is 0.496 e. The maximum atomic E-state index is 5.64. The molecule has 4 rings (SSSR count). The second-order valence-electron chi connectivity index (χ2n) is 6.02. The van der Waals surface area contributed by atoms with E-state index >= 15 is 0 Å². The molecule has 0 aromatic heterocycles. The fourth-order valence-corrected chi connectivity index (χ4v) is 3.76. The molecule has 2 nitrogen and oxygen atoms in total. The molecule has 0 radical (unpaired) electrons. The monoisotopic (exact) mass is 292 g/mol. The van der Waals surface area contributed by atoms with Gasteiger partial charge < -0.3 is 9.47 Å². The van der Waals surface area contributed by atoms with Gasteiger partial charge in [-0.25, -0.2) is 0 Å². The van der Waals surface area contributed by atoms with Crippen LogP contribution in [0.25, 0.3) is 21.5 Å². The van der Waals surface area contributed by atoms with Crippen LogP contribution in [-0.4, -0.2) is 20.3 Å². The van der Waals surface area contributed by atoms with Gasteiger partial charge in [0.15, 0.2) is 0 Å². The Kier molecular flexibility index (Phi) is 3.27. The summed E-state index contributed by atoms with van der Waals surface area (Å²) in [5.41, 5.74) is 2.89. The van der Waals surface area contributed by atoms with E-state index in [-0.39, 0.29) is 0 Å². The highest BCUT2D eigenvalue weighted by atomic mass is 16.5. The van der Waals surface area contributed by atoms with E-state index in [0.29, 0.717) is 6.10 Å². The summed E-state index contributed by atoms with van der Waals surface area (Å²) in [6.07, 6.45) is 3.54. The molecule has 2 heteroatoms. The minimum atomic E-state index is 0.354. The zero-order valence-corrected chi connectivity index (χ0v) is 13.1. The highest BCUT2D eigenvalue weighted by Gasteiger charge is 2.21. The Bertz CT molecular complexity index is 851. The van der Waals surface area contributed by atoms with Gasteiger partial charge in [0.05, 0.1) is 13.2 Å². The minimum Gasteiger partial charge on any atom is -0.496 e. The molecule has 0 bridgehead atoms. The third-order valence-corrected chi connectivity index (χ3v) is 4.93. The molecule has 0 N–H and O–H groups in total. The molecule has 0 fully saturated rings. The van der Waals surface area contributed by atoms with E-state index in [0.717, 1.165) is 25.0 Å². The van der Waals surface area contributed by atoms with Crippen LogP contribution >= 0.6 is 0 Å². The van der Waals surface area contributed by atoms with Crippen LogP contribution in [0.1, 0.15) is 17.5 Å². The van der Waals surface area contributed by atoms with Gasteiger partial charge in [0.25, 0.3) is 0 Å². The van der Waals surface area contributed by atoms with E-state index in [4.69, 9.17) is 9.47 Å². The van der Waals surface area contributed by atoms with Crippen LogP contribution in [0.3, 0.4) is 0 Å². The summed E-state index contributed by atoms with van der Waals surface area (Å²) in [5.74, 6) is 0.963. The molecule has 1 unspecified atom stereocenters. The zero-order valence-electron chi connectivity index (χ0n) is 13.1. The van der Waals surface area contributed by atoms with Crippen LogP contribution in [0, 0.1) is 0 Å². The molecule has 0 saturated carbocycles. The SMILES string of the molecule is COc1cc2c3c(ccc2c2ccccc12)CC(OC)CC3. The molecule has 1 aliphatic carbocycles. The van der Waals surface area contributed by atoms with E-state index in [2.05, 4.69) is 42.5 Å². The van der Waals surface area contributed by atoms with Gasteiger partial charge in [-0.05, 0) is 52.6 Å². The van der Waals surface area contributed by atoms with Gasteiger partial charge in [0.2, 0.25) is 0 Å². The van der Waals surface area contributed by atoms with Gasteiger partial charge in [-0.15, -0.1) is 0 Å². The van der Waals surface area contributed by atoms with Gasteiger partial charge >= 0.3 is 0 Å². The van der Waals surface area contributed by atoms with Crippen LogP contribution in [0.4, 0.5) is 0 Å². The van der Waals surface area contributed by atoms with Gasteiger partial charge in [-0.3, -0.25) is 0 Å². The van der Waals surface area contributed by atoms with Crippen LogP contribution < -0.4 is 4.74 Å². The number of benzene rings is 3. The summed E-state index contributed by atoms with van der Waals surface area (Å²) in [6, 6.07) is 15.2. The van der Waals surface area contributed by atoms with Crippen molar-refractivity contribution < 1.29 is 9.47 Å². The van der Waals surface area contributed by atoms with E-state index < -0.39 is 0 Å². The van der Waals surface area contributed by atoms with E-state index in [1.165, 1.54) is 32.7 Å². The lowest BCUT2D eigenvalue weighted by molar-refractivity contribution is 0.0913. The van der Waals surface area contributed by atoms with Gasteiger partial charge in [-0.2, -0.15) is 0 Å². The number of hydrogen-bond acceptors (Lipinski definition) is 2. The Labute approximate surface area is 130 Å². The molecule has 0 heterocycles. The fourth-order valence-electron chi connectivity index (χ4n) is 3.76. The highest BCUT2D eigenvalue weighted by Crippen LogP contribution is 2.38. The number of ether oxygens (including phenoxy) is 2. The summed E-state index contributed by atoms with van der Waals surface area (Å²) in [7, 11) is 3.57. The molecule has 1 aliphatic rings. The van der Waals surface area contributed by atoms with Gasteiger partial charge in [0.1, 0.15) is 5.75 Å². The molecule has 112 valence electrons. The molecule has 22 heavy (non-hydrogen) atoms. The number of hydrogen-bond donors (Lipinski definition) is 0. The van der Waals surface area contributed by atoms with Crippen LogP contribution in [-0.2, 0) is 17.6 Å². The summed E-state index contributed by atoms with van der Waals surface area (Å²) >= 11 is 0. The van der Waals surface area contributed by atoms with Crippen molar-refractivity contribution >= 4 is 21.5 Å². The van der Waals surface area contributed by atoms with Gasteiger partial charge in [-0.1, -0.05) is 36.4 Å². The van der Waals surface area contributed by atoms with Crippen molar-refractivity contribution in [1.29, 1.82) is 0 Å². The standard InChI is InChI=1S/C20H20O2/c1-21-14-8-10-15-13(11-14)7-9-17-16-5-3-4-6-18(16)20(22-2)12-19(15)17/h3-7,9,12,14H,8,10-11H2,1-2H3. The number of fused-ring (bicyclic) bond motifs is 5. The van der Waals surface area contributed by atoms with Crippen LogP contribution in [0.2, 0.25) is 0 Å². The van der Waals surface area contributed by atoms with Crippen molar-refractivity contribution in [2.45, 2.75) is 25.4 Å². The Balaban J connectivity index is 2.03. The summed E-state index contributed by atoms with van der Waals surface area (Å²) in [5, 5.41) is 5.12. The average Bonchev–Trinajstić information content (AvgIpc) is 2.60. The Morgan fingerprint density at radius 3 is 2.45 bits per heavy atom. The predicted octanol–water partition coefficient (Wildman–Crippen LogP) is 4.51. The van der Waals surface area contributed by atoms with Crippen LogP contribution in [0.5, 0.6) is 5.75 Å². The fraction of sp³-hybridized carbons (Fsp3) is 0.300. The Hall–Kier alpha value is -2.06. The molecule has 0 spiro atoms. The highest BCUT2D eigenvalue weighted by molar-refractivity contribution is 6.11. The predicted molar refractivity (Wildman–Crippen MR) is 90.8 cm³/mol. The zero-order chi connectivity index (χ0) is 15.1. The third kappa shape index (κ3) is 1.98. The first-order valence-electron chi connectivity index (χ1n) is 7.85. The second-order valence-corrected chi connectivity index (χ2v) is 6.02. The van der Waals surface area contributed by atoms with Crippen molar-refractivity contribution in [1.82, 2.24) is 0 Å². The maximum Gasteiger partial charge on any atom is 0.127 e. The third-order valence-electron chi connectivity index (χ3n) is 4.93. The quantitative estimate of drug-likeness (QED) is 0.647. The number of rotatable bonds is 2. The molecule has 3 aromatic rings. The molecular weight excluding hydrogens is 272 g/mol. The van der Waals surface area contributed by atoms with Crippen molar-refractivity contribution in [3.05, 3.63) is 53.6 Å². The molecule has 1 atom stereocenters. The minimum absolute atomic E-state index is 0.354. The topological polar surface area (TPSA) is 18.5 Å². The molecule has 0 saturated heterocycles. The van der Waals surface area contributed by atoms with E-state index in [1.54, 1.807) is 7.11 Å². The molecule has 0 amide bonds. The Morgan fingerprint density at radius 2 is 1.68 bits per heavy atom. The molecule has 0 aliphatic heterocycles. The average molecular weight is 292 g/mol. The number of methoxy groups -OCH3 is 2.